The molecule has 2 aromatic carbocycles. The number of rotatable bonds is 9. The molecule has 32 heavy (non-hydrogen) atoms. The first-order valence-corrected chi connectivity index (χ1v) is 11.8. The third kappa shape index (κ3) is 8.70. The maximum Gasteiger partial charge on any atom is 0.310 e. The third-order valence-electron chi connectivity index (χ3n) is 5.02. The van der Waals surface area contributed by atoms with Gasteiger partial charge in [0, 0.05) is 12.8 Å². The van der Waals surface area contributed by atoms with Crippen molar-refractivity contribution in [3.8, 4) is 11.5 Å². The zero-order chi connectivity index (χ0) is 23.9. The molecule has 0 N–H and O–H groups in total. The molecule has 2 rings (SSSR count). The summed E-state index contributed by atoms with van der Waals surface area (Å²) in [4.78, 5) is 22.9. The Bertz CT molecular complexity index is 788. The van der Waals surface area contributed by atoms with E-state index in [2.05, 4.69) is 27.7 Å². The highest BCUT2D eigenvalue weighted by atomic mass is 16.5. The Kier molecular flexibility index (Phi) is 12.7. The molecule has 0 saturated carbocycles. The highest BCUT2D eigenvalue weighted by Crippen LogP contribution is 2.33. The summed E-state index contributed by atoms with van der Waals surface area (Å²) in [5.41, 5.74) is 4.71. The highest BCUT2D eigenvalue weighted by molar-refractivity contribution is 5.91. The van der Waals surface area contributed by atoms with Crippen molar-refractivity contribution in [2.75, 3.05) is 0 Å². The van der Waals surface area contributed by atoms with E-state index in [0.717, 1.165) is 24.0 Å². The van der Waals surface area contributed by atoms with Crippen molar-refractivity contribution in [3.05, 3.63) is 59.7 Å². The van der Waals surface area contributed by atoms with E-state index in [9.17, 15) is 9.59 Å². The Morgan fingerprint density at radius 2 is 0.844 bits per heavy atom. The first kappa shape index (κ1) is 27.2. The molecule has 174 valence electrons. The lowest BCUT2D eigenvalue weighted by Gasteiger charge is -2.15. The number of esters is 2. The van der Waals surface area contributed by atoms with E-state index in [4.69, 9.17) is 9.47 Å². The maximum absolute atomic E-state index is 11.4. The van der Waals surface area contributed by atoms with Crippen LogP contribution in [0.5, 0.6) is 11.5 Å². The van der Waals surface area contributed by atoms with Gasteiger partial charge < -0.3 is 9.47 Å². The molecule has 0 atom stereocenters. The summed E-state index contributed by atoms with van der Waals surface area (Å²) in [6, 6.07) is 15.3. The predicted molar refractivity (Wildman–Crippen MR) is 133 cm³/mol. The second-order valence-corrected chi connectivity index (χ2v) is 7.37. The molecular formula is C28H38O4. The van der Waals surface area contributed by atoms with Crippen LogP contribution in [0, 0.1) is 0 Å². The number of hydrogen-bond acceptors (Lipinski definition) is 4. The van der Waals surface area contributed by atoms with E-state index in [0.29, 0.717) is 24.3 Å². The number of ether oxygens (including phenoxy) is 2. The topological polar surface area (TPSA) is 52.6 Å². The number of carbonyl (C=O) groups is 2. The van der Waals surface area contributed by atoms with Gasteiger partial charge in [0.1, 0.15) is 11.5 Å². The molecule has 2 aromatic rings. The molecule has 0 unspecified atom stereocenters. The number of benzene rings is 2. The average molecular weight is 439 g/mol. The van der Waals surface area contributed by atoms with Crippen molar-refractivity contribution in [1.82, 2.24) is 0 Å². The lowest BCUT2D eigenvalue weighted by molar-refractivity contribution is -0.134. The van der Waals surface area contributed by atoms with Crippen LogP contribution in [0.4, 0.5) is 0 Å². The van der Waals surface area contributed by atoms with Gasteiger partial charge in [0.05, 0.1) is 0 Å². The summed E-state index contributed by atoms with van der Waals surface area (Å²) >= 11 is 0. The molecule has 0 aromatic heterocycles. The first-order valence-electron chi connectivity index (χ1n) is 11.8. The first-order chi connectivity index (χ1) is 15.4. The van der Waals surface area contributed by atoms with Crippen LogP contribution in [-0.2, 0) is 9.59 Å². The second kappa shape index (κ2) is 15.0. The van der Waals surface area contributed by atoms with Gasteiger partial charge in [-0.15, -0.1) is 0 Å². The van der Waals surface area contributed by atoms with E-state index in [1.165, 1.54) is 24.0 Å². The van der Waals surface area contributed by atoms with Gasteiger partial charge in [0.15, 0.2) is 0 Å². The summed E-state index contributed by atoms with van der Waals surface area (Å²) in [6.45, 7) is 12.2. The van der Waals surface area contributed by atoms with Crippen LogP contribution in [0.15, 0.2) is 48.5 Å². The van der Waals surface area contributed by atoms with Gasteiger partial charge >= 0.3 is 11.9 Å². The van der Waals surface area contributed by atoms with Crippen LogP contribution in [0.2, 0.25) is 0 Å². The minimum atomic E-state index is -0.239. The number of carbonyl (C=O) groups excluding carboxylic acids is 2. The van der Waals surface area contributed by atoms with Gasteiger partial charge in [0.25, 0.3) is 0 Å². The minimum Gasteiger partial charge on any atom is -0.427 e. The SMILES string of the molecule is CCC(=O)Oc1ccc(/C(CC)=C(\CC)c2ccc(OC(=O)CC)cc2)cc1.CCCC. The van der Waals surface area contributed by atoms with E-state index in [1.807, 2.05) is 48.5 Å². The Morgan fingerprint density at radius 3 is 1.06 bits per heavy atom. The van der Waals surface area contributed by atoms with Gasteiger partial charge in [0.2, 0.25) is 0 Å². The largest absolute Gasteiger partial charge is 0.427 e. The fourth-order valence-electron chi connectivity index (χ4n) is 3.04. The number of hydrogen-bond donors (Lipinski definition) is 0. The van der Waals surface area contributed by atoms with Crippen molar-refractivity contribution in [2.45, 2.75) is 80.1 Å². The van der Waals surface area contributed by atoms with Gasteiger partial charge in [-0.05, 0) is 59.4 Å². The molecule has 0 fully saturated rings. The molecular weight excluding hydrogens is 400 g/mol. The molecule has 4 nitrogen and oxygen atoms in total. The monoisotopic (exact) mass is 438 g/mol. The fraction of sp³-hybridized carbons (Fsp3) is 0.429. The maximum atomic E-state index is 11.4. The Balaban J connectivity index is 0.00000118. The van der Waals surface area contributed by atoms with Gasteiger partial charge in [-0.25, -0.2) is 0 Å². The van der Waals surface area contributed by atoms with Crippen LogP contribution in [0.25, 0.3) is 11.1 Å². The van der Waals surface area contributed by atoms with Crippen molar-refractivity contribution < 1.29 is 19.1 Å². The summed E-state index contributed by atoms with van der Waals surface area (Å²) in [6.07, 6.45) is 5.10. The second-order valence-electron chi connectivity index (χ2n) is 7.37. The van der Waals surface area contributed by atoms with E-state index < -0.39 is 0 Å². The van der Waals surface area contributed by atoms with Crippen LogP contribution in [0.1, 0.15) is 91.2 Å². The van der Waals surface area contributed by atoms with Gasteiger partial charge in [-0.2, -0.15) is 0 Å². The Labute approximate surface area is 193 Å². The lowest BCUT2D eigenvalue weighted by Crippen LogP contribution is -2.05. The van der Waals surface area contributed by atoms with Crippen LogP contribution < -0.4 is 9.47 Å². The summed E-state index contributed by atoms with van der Waals surface area (Å²) in [5, 5.41) is 0. The molecule has 0 aliphatic carbocycles. The molecule has 0 aliphatic rings. The molecule has 4 heteroatoms. The molecule has 0 amide bonds. The molecule has 0 aliphatic heterocycles. The van der Waals surface area contributed by atoms with E-state index in [-0.39, 0.29) is 11.9 Å². The van der Waals surface area contributed by atoms with E-state index >= 15 is 0 Å². The van der Waals surface area contributed by atoms with Crippen molar-refractivity contribution in [3.63, 3.8) is 0 Å². The van der Waals surface area contributed by atoms with Gasteiger partial charge in [-0.3, -0.25) is 9.59 Å². The van der Waals surface area contributed by atoms with Crippen molar-refractivity contribution in [1.29, 1.82) is 0 Å². The average Bonchev–Trinajstić information content (AvgIpc) is 2.83. The molecule has 0 heterocycles. The van der Waals surface area contributed by atoms with Crippen molar-refractivity contribution in [2.24, 2.45) is 0 Å². The van der Waals surface area contributed by atoms with E-state index in [1.54, 1.807) is 13.8 Å². The van der Waals surface area contributed by atoms with Crippen molar-refractivity contribution >= 4 is 23.1 Å². The minimum absolute atomic E-state index is 0.239. The summed E-state index contributed by atoms with van der Waals surface area (Å²) in [7, 11) is 0. The number of allylic oxidation sites excluding steroid dienone is 2. The van der Waals surface area contributed by atoms with Gasteiger partial charge in [-0.1, -0.05) is 78.6 Å². The normalized spacial score (nSPS) is 11.1. The smallest absolute Gasteiger partial charge is 0.310 e. The zero-order valence-corrected chi connectivity index (χ0v) is 20.5. The van der Waals surface area contributed by atoms with Crippen LogP contribution in [-0.4, -0.2) is 11.9 Å². The standard InChI is InChI=1S/C24H28O4.C4H10/c1-5-21(17-9-13-19(14-10-17)27-23(25)7-3)22(6-2)18-11-15-20(16-12-18)28-24(26)8-4;1-3-4-2/h9-16H,5-8H2,1-4H3;3-4H2,1-2H3/b22-21+;. The highest BCUT2D eigenvalue weighted by Gasteiger charge is 2.11. The third-order valence-corrected chi connectivity index (χ3v) is 5.02. The fourth-order valence-corrected chi connectivity index (χ4v) is 3.04. The molecule has 0 saturated heterocycles. The predicted octanol–water partition coefficient (Wildman–Crippen LogP) is 7.85. The molecule has 0 spiro atoms. The Hall–Kier alpha value is -2.88. The van der Waals surface area contributed by atoms with Crippen LogP contribution in [0.3, 0.4) is 0 Å². The summed E-state index contributed by atoms with van der Waals surface area (Å²) in [5.74, 6) is 0.645. The molecule has 0 bridgehead atoms. The quantitative estimate of drug-likeness (QED) is 0.227. The Morgan fingerprint density at radius 1 is 0.531 bits per heavy atom. The van der Waals surface area contributed by atoms with Crippen LogP contribution >= 0.6 is 0 Å². The summed E-state index contributed by atoms with van der Waals surface area (Å²) < 4.78 is 10.5. The number of unbranched alkanes of at least 4 members (excludes halogenated alkanes) is 1. The molecule has 0 radical (unpaired) electrons. The zero-order valence-electron chi connectivity index (χ0n) is 20.5. The lowest BCUT2D eigenvalue weighted by atomic mass is 9.91.